The van der Waals surface area contributed by atoms with Crippen LogP contribution in [0.15, 0.2) is 0 Å². The van der Waals surface area contributed by atoms with Gasteiger partial charge in [-0.05, 0) is 69.0 Å². The van der Waals surface area contributed by atoms with Gasteiger partial charge in [0.15, 0.2) is 0 Å². The van der Waals surface area contributed by atoms with Crippen molar-refractivity contribution in [2.45, 2.75) is 41.5 Å². The summed E-state index contributed by atoms with van der Waals surface area (Å²) in [5.41, 5.74) is 3.25. The number of hydrogen-bond acceptors (Lipinski definition) is 0. The quantitative estimate of drug-likeness (QED) is 0.601. The molecule has 0 nitrogen and oxygen atoms in total. The predicted molar refractivity (Wildman–Crippen MR) is 71.7 cm³/mol. The molecule has 6 fully saturated rings. The van der Waals surface area contributed by atoms with Crippen molar-refractivity contribution in [2.75, 3.05) is 0 Å². The largest absolute Gasteiger partial charge is 0.0617 e. The van der Waals surface area contributed by atoms with Crippen molar-refractivity contribution in [3.05, 3.63) is 0 Å². The molecule has 0 amide bonds. The summed E-state index contributed by atoms with van der Waals surface area (Å²) < 4.78 is 0. The lowest BCUT2D eigenvalue weighted by molar-refractivity contribution is -0.693. The lowest BCUT2D eigenvalue weighted by Gasteiger charge is -3.15. The van der Waals surface area contributed by atoms with E-state index in [0.717, 1.165) is 69.0 Å². The van der Waals surface area contributed by atoms with Gasteiger partial charge in [-0.2, -0.15) is 0 Å². The van der Waals surface area contributed by atoms with Crippen molar-refractivity contribution in [1.29, 1.82) is 0 Å². The van der Waals surface area contributed by atoms with Gasteiger partial charge >= 0.3 is 0 Å². The minimum absolute atomic E-state index is 0.747. The van der Waals surface area contributed by atoms with E-state index in [2.05, 4.69) is 41.5 Å². The van der Waals surface area contributed by atoms with Gasteiger partial charge in [0.25, 0.3) is 0 Å². The molecule has 6 aliphatic rings. The first kappa shape index (κ1) is 9.83. The summed E-state index contributed by atoms with van der Waals surface area (Å²) in [6.07, 6.45) is 0. The summed E-state index contributed by atoms with van der Waals surface area (Å²) >= 11 is 0. The van der Waals surface area contributed by atoms with Gasteiger partial charge in [0.05, 0.1) is 0 Å². The van der Waals surface area contributed by atoms with Crippen LogP contribution in [0.5, 0.6) is 0 Å². The lowest BCUT2D eigenvalue weighted by atomic mass is 8.88. The van der Waals surface area contributed by atoms with Crippen molar-refractivity contribution in [3.8, 4) is 0 Å². The first-order valence-corrected chi connectivity index (χ1v) is 8.37. The topological polar surface area (TPSA) is 0 Å². The third-order valence-corrected chi connectivity index (χ3v) is 11.3. The summed E-state index contributed by atoms with van der Waals surface area (Å²) in [6, 6.07) is 0. The maximum Gasteiger partial charge on any atom is -0.0103 e. The van der Waals surface area contributed by atoms with Crippen LogP contribution in [0.1, 0.15) is 41.5 Å². The molecule has 0 aromatic heterocycles. The molecule has 0 saturated heterocycles. The summed E-state index contributed by atoms with van der Waals surface area (Å²) in [7, 11) is 0. The molecule has 0 aromatic rings. The second-order valence-electron chi connectivity index (χ2n) is 9.56. The molecule has 0 radical (unpaired) electrons. The van der Waals surface area contributed by atoms with Gasteiger partial charge in [-0.25, -0.2) is 0 Å². The van der Waals surface area contributed by atoms with Crippen LogP contribution in [-0.2, 0) is 0 Å². The molecular formula is C18H26. The second kappa shape index (κ2) is 1.89. The number of fused-ring (bicyclic) bond motifs is 2. The molecule has 0 bridgehead atoms. The highest BCUT2D eigenvalue weighted by Crippen LogP contribution is 3.15. The smallest absolute Gasteiger partial charge is 0.0103 e. The Bertz CT molecular complexity index is 448. The monoisotopic (exact) mass is 242 g/mol. The molecule has 18 heavy (non-hydrogen) atoms. The molecule has 0 aromatic carbocycles. The molecule has 2 spiro atoms. The standard InChI is InChI=1S/C18H26/c1-7-11-12-9(3)16(6)10(4)14-13-8(2)15(7,5)17(11,13)18(12,14)16/h7-14H,1-6H3. The van der Waals surface area contributed by atoms with E-state index in [4.69, 9.17) is 0 Å². The minimum atomic E-state index is 0.747. The average molecular weight is 242 g/mol. The highest BCUT2D eigenvalue weighted by molar-refractivity contribution is 5.58. The molecule has 98 valence electrons. The van der Waals surface area contributed by atoms with Crippen molar-refractivity contribution in [3.63, 3.8) is 0 Å². The molecule has 6 aliphatic carbocycles. The van der Waals surface area contributed by atoms with Gasteiger partial charge in [-0.1, -0.05) is 41.5 Å². The Morgan fingerprint density at radius 1 is 0.500 bits per heavy atom. The van der Waals surface area contributed by atoms with Crippen LogP contribution in [0.3, 0.4) is 0 Å². The molecule has 0 heterocycles. The van der Waals surface area contributed by atoms with Gasteiger partial charge in [-0.3, -0.25) is 0 Å². The maximum absolute atomic E-state index is 2.67. The third kappa shape index (κ3) is 0.367. The van der Waals surface area contributed by atoms with Crippen molar-refractivity contribution < 1.29 is 0 Å². The van der Waals surface area contributed by atoms with Gasteiger partial charge < -0.3 is 0 Å². The second-order valence-corrected chi connectivity index (χ2v) is 9.56. The van der Waals surface area contributed by atoms with Crippen molar-refractivity contribution >= 4 is 0 Å². The summed E-state index contributed by atoms with van der Waals surface area (Å²) in [6.45, 7) is 15.7. The summed E-state index contributed by atoms with van der Waals surface area (Å²) in [4.78, 5) is 0. The Kier molecular flexibility index (Phi) is 1.03. The van der Waals surface area contributed by atoms with Crippen LogP contribution in [-0.4, -0.2) is 0 Å². The lowest BCUT2D eigenvalue weighted by Crippen LogP contribution is -3.12. The van der Waals surface area contributed by atoms with Gasteiger partial charge in [0.1, 0.15) is 0 Å². The van der Waals surface area contributed by atoms with Crippen LogP contribution >= 0.6 is 0 Å². The fraction of sp³-hybridized carbons (Fsp3) is 1.00. The normalized spacial score (nSPS) is 91.7. The van der Waals surface area contributed by atoms with E-state index < -0.39 is 0 Å². The molecule has 0 heteroatoms. The Balaban J connectivity index is 1.60. The number of hydrogen-bond donors (Lipinski definition) is 0. The Morgan fingerprint density at radius 3 is 0.944 bits per heavy atom. The van der Waals surface area contributed by atoms with E-state index >= 15 is 0 Å². The zero-order valence-electron chi connectivity index (χ0n) is 12.6. The van der Waals surface area contributed by atoms with E-state index in [1.165, 1.54) is 0 Å². The van der Waals surface area contributed by atoms with Crippen LogP contribution in [0.2, 0.25) is 0 Å². The molecule has 0 aliphatic heterocycles. The maximum atomic E-state index is 2.67. The third-order valence-electron chi connectivity index (χ3n) is 11.3. The fourth-order valence-corrected chi connectivity index (χ4v) is 11.1. The number of rotatable bonds is 0. The molecule has 8 unspecified atom stereocenters. The van der Waals surface area contributed by atoms with Crippen LogP contribution in [0.4, 0.5) is 0 Å². The molecule has 8 atom stereocenters. The Hall–Kier alpha value is 0. The van der Waals surface area contributed by atoms with Crippen LogP contribution in [0.25, 0.3) is 0 Å². The Labute approximate surface area is 111 Å². The molecule has 0 N–H and O–H groups in total. The zero-order chi connectivity index (χ0) is 12.6. The van der Waals surface area contributed by atoms with Crippen molar-refractivity contribution in [1.82, 2.24) is 0 Å². The van der Waals surface area contributed by atoms with E-state index in [1.807, 2.05) is 0 Å². The van der Waals surface area contributed by atoms with Gasteiger partial charge in [0, 0.05) is 0 Å². The molecular weight excluding hydrogens is 216 g/mol. The Morgan fingerprint density at radius 2 is 0.722 bits per heavy atom. The van der Waals surface area contributed by atoms with Gasteiger partial charge in [0.2, 0.25) is 0 Å². The minimum Gasteiger partial charge on any atom is -0.0617 e. The first-order chi connectivity index (χ1) is 8.37. The zero-order valence-corrected chi connectivity index (χ0v) is 12.6. The molecule has 6 rings (SSSR count). The first-order valence-electron chi connectivity index (χ1n) is 8.37. The summed E-state index contributed by atoms with van der Waals surface area (Å²) in [5.74, 6) is 8.72. The van der Waals surface area contributed by atoms with Gasteiger partial charge in [-0.15, -0.1) is 0 Å². The summed E-state index contributed by atoms with van der Waals surface area (Å²) in [5, 5.41) is 0. The molecule has 6 saturated carbocycles. The fourth-order valence-electron chi connectivity index (χ4n) is 11.1. The van der Waals surface area contributed by atoms with Crippen molar-refractivity contribution in [2.24, 2.45) is 69.0 Å². The van der Waals surface area contributed by atoms with Crippen LogP contribution < -0.4 is 0 Å². The highest BCUT2D eigenvalue weighted by Gasteiger charge is 3.12. The van der Waals surface area contributed by atoms with Crippen LogP contribution in [0, 0.1) is 69.0 Å². The average Bonchev–Trinajstić information content (AvgIpc) is 2.33. The van der Waals surface area contributed by atoms with E-state index in [1.54, 1.807) is 0 Å². The predicted octanol–water partition coefficient (Wildman–Crippen LogP) is 4.06. The SMILES string of the molecule is CC1C2C3C(C)C4(C)C(C)C5C6C(C)C1(C)C26C354. The highest BCUT2D eigenvalue weighted by atomic mass is 15.2. The van der Waals surface area contributed by atoms with E-state index in [9.17, 15) is 0 Å². The van der Waals surface area contributed by atoms with E-state index in [0.29, 0.717) is 0 Å². The van der Waals surface area contributed by atoms with E-state index in [-0.39, 0.29) is 0 Å².